The summed E-state index contributed by atoms with van der Waals surface area (Å²) in [5.41, 5.74) is 3.83. The van der Waals surface area contributed by atoms with Crippen molar-refractivity contribution in [2.75, 3.05) is 5.32 Å². The van der Waals surface area contributed by atoms with Gasteiger partial charge in [-0.3, -0.25) is 9.59 Å². The highest BCUT2D eigenvalue weighted by atomic mass is 32.1. The predicted octanol–water partition coefficient (Wildman–Crippen LogP) is 4.98. The Kier molecular flexibility index (Phi) is 5.62. The molecule has 1 aliphatic rings. The zero-order valence-electron chi connectivity index (χ0n) is 16.2. The number of thiophene rings is 1. The van der Waals surface area contributed by atoms with Crippen molar-refractivity contribution >= 4 is 28.8 Å². The molecule has 0 aliphatic carbocycles. The molecule has 0 spiro atoms. The molecule has 148 valence electrons. The van der Waals surface area contributed by atoms with Crippen molar-refractivity contribution in [1.82, 2.24) is 5.32 Å². The van der Waals surface area contributed by atoms with Gasteiger partial charge in [-0.05, 0) is 42.3 Å². The highest BCUT2D eigenvalue weighted by Gasteiger charge is 2.22. The Morgan fingerprint density at radius 2 is 1.90 bits per heavy atom. The van der Waals surface area contributed by atoms with Crippen LogP contribution >= 0.6 is 11.3 Å². The van der Waals surface area contributed by atoms with Crippen molar-refractivity contribution in [2.24, 2.45) is 0 Å². The number of amides is 2. The third-order valence-electron chi connectivity index (χ3n) is 4.72. The van der Waals surface area contributed by atoms with Crippen LogP contribution in [0.15, 0.2) is 54.6 Å². The fourth-order valence-corrected chi connectivity index (χ4v) is 4.35. The SMILES string of the molecule is CCCC(=O)Nc1ccc(CNC(=O)c2cc3c(s2)-c2ccccc2OC3)cc1. The number of carbonyl (C=O) groups excluding carboxylic acids is 2. The monoisotopic (exact) mass is 406 g/mol. The zero-order valence-corrected chi connectivity index (χ0v) is 17.0. The number of ether oxygens (including phenoxy) is 1. The van der Waals surface area contributed by atoms with E-state index in [-0.39, 0.29) is 11.8 Å². The highest BCUT2D eigenvalue weighted by molar-refractivity contribution is 7.17. The molecule has 2 N–H and O–H groups in total. The van der Waals surface area contributed by atoms with Gasteiger partial charge in [-0.2, -0.15) is 0 Å². The van der Waals surface area contributed by atoms with E-state index in [0.29, 0.717) is 24.4 Å². The van der Waals surface area contributed by atoms with Crippen LogP contribution < -0.4 is 15.4 Å². The number of benzene rings is 2. The molecular weight excluding hydrogens is 384 g/mol. The van der Waals surface area contributed by atoms with E-state index in [9.17, 15) is 9.59 Å². The molecule has 2 heterocycles. The molecule has 6 heteroatoms. The highest BCUT2D eigenvalue weighted by Crippen LogP contribution is 2.42. The second kappa shape index (κ2) is 8.49. The standard InChI is InChI=1S/C23H22N2O3S/c1-2-5-21(26)25-17-10-8-15(9-11-17)13-24-23(27)20-12-16-14-28-19-7-4-3-6-18(19)22(16)29-20/h3-4,6-12H,2,5,13-14H2,1H3,(H,24,27)(H,25,26). The van der Waals surface area contributed by atoms with Gasteiger partial charge in [0.15, 0.2) is 0 Å². The van der Waals surface area contributed by atoms with Crippen LogP contribution in [0.5, 0.6) is 5.75 Å². The topological polar surface area (TPSA) is 67.4 Å². The van der Waals surface area contributed by atoms with Crippen molar-refractivity contribution in [3.05, 3.63) is 70.6 Å². The Labute approximate surface area is 173 Å². The van der Waals surface area contributed by atoms with Crippen LogP contribution in [0.2, 0.25) is 0 Å². The molecule has 2 amide bonds. The summed E-state index contributed by atoms with van der Waals surface area (Å²) in [5, 5.41) is 5.83. The lowest BCUT2D eigenvalue weighted by Crippen LogP contribution is -2.21. The van der Waals surface area contributed by atoms with Crippen LogP contribution in [0, 0.1) is 0 Å². The first-order valence-electron chi connectivity index (χ1n) is 9.66. The Morgan fingerprint density at radius 1 is 1.10 bits per heavy atom. The second-order valence-electron chi connectivity index (χ2n) is 6.93. The summed E-state index contributed by atoms with van der Waals surface area (Å²) in [4.78, 5) is 26.1. The lowest BCUT2D eigenvalue weighted by molar-refractivity contribution is -0.116. The summed E-state index contributed by atoms with van der Waals surface area (Å²) in [6, 6.07) is 17.3. The first kappa shape index (κ1) is 19.2. The number of nitrogens with one attached hydrogen (secondary N) is 2. The molecule has 1 aliphatic heterocycles. The normalized spacial score (nSPS) is 11.8. The molecule has 2 aromatic carbocycles. The molecule has 5 nitrogen and oxygen atoms in total. The fraction of sp³-hybridized carbons (Fsp3) is 0.217. The minimum Gasteiger partial charge on any atom is -0.488 e. The molecule has 4 rings (SSSR count). The summed E-state index contributed by atoms with van der Waals surface area (Å²) >= 11 is 1.50. The molecule has 0 unspecified atom stereocenters. The summed E-state index contributed by atoms with van der Waals surface area (Å²) in [5.74, 6) is 0.780. The zero-order chi connectivity index (χ0) is 20.2. The molecule has 0 saturated carbocycles. The van der Waals surface area contributed by atoms with E-state index in [1.165, 1.54) is 11.3 Å². The summed E-state index contributed by atoms with van der Waals surface area (Å²) in [6.45, 7) is 2.89. The molecule has 0 fully saturated rings. The number of carbonyl (C=O) groups is 2. The van der Waals surface area contributed by atoms with Crippen molar-refractivity contribution in [1.29, 1.82) is 0 Å². The van der Waals surface area contributed by atoms with Crippen molar-refractivity contribution in [2.45, 2.75) is 32.9 Å². The predicted molar refractivity (Wildman–Crippen MR) is 115 cm³/mol. The van der Waals surface area contributed by atoms with Gasteiger partial charge in [-0.25, -0.2) is 0 Å². The first-order valence-corrected chi connectivity index (χ1v) is 10.5. The molecule has 0 saturated heterocycles. The maximum Gasteiger partial charge on any atom is 0.261 e. The number of para-hydroxylation sites is 1. The van der Waals surface area contributed by atoms with E-state index >= 15 is 0 Å². The molecule has 0 atom stereocenters. The van der Waals surface area contributed by atoms with E-state index < -0.39 is 0 Å². The van der Waals surface area contributed by atoms with Crippen molar-refractivity contribution < 1.29 is 14.3 Å². The maximum atomic E-state index is 12.6. The van der Waals surface area contributed by atoms with Crippen molar-refractivity contribution in [3.63, 3.8) is 0 Å². The van der Waals surface area contributed by atoms with Gasteiger partial charge in [-0.1, -0.05) is 31.2 Å². The minimum atomic E-state index is -0.0952. The third-order valence-corrected chi connectivity index (χ3v) is 5.92. The summed E-state index contributed by atoms with van der Waals surface area (Å²) in [6.07, 6.45) is 1.33. The minimum absolute atomic E-state index is 0.0146. The molecule has 3 aromatic rings. The van der Waals surface area contributed by atoms with Crippen LogP contribution in [0.3, 0.4) is 0 Å². The number of hydrogen-bond acceptors (Lipinski definition) is 4. The Hall–Kier alpha value is -3.12. The molecule has 29 heavy (non-hydrogen) atoms. The van der Waals surface area contributed by atoms with Gasteiger partial charge in [0.05, 0.1) is 4.88 Å². The fourth-order valence-electron chi connectivity index (χ4n) is 3.24. The van der Waals surface area contributed by atoms with Gasteiger partial charge in [0, 0.05) is 34.7 Å². The summed E-state index contributed by atoms with van der Waals surface area (Å²) in [7, 11) is 0. The van der Waals surface area contributed by atoms with Crippen molar-refractivity contribution in [3.8, 4) is 16.2 Å². The van der Waals surface area contributed by atoms with E-state index in [0.717, 1.165) is 39.4 Å². The quantitative estimate of drug-likeness (QED) is 0.607. The third kappa shape index (κ3) is 4.32. The van der Waals surface area contributed by atoms with Gasteiger partial charge in [0.2, 0.25) is 5.91 Å². The number of anilines is 1. The Bertz CT molecular complexity index is 1040. The number of fused-ring (bicyclic) bond motifs is 3. The van der Waals surface area contributed by atoms with Crippen LogP contribution in [-0.2, 0) is 17.9 Å². The first-order chi connectivity index (χ1) is 14.1. The molecule has 0 bridgehead atoms. The van der Waals surface area contributed by atoms with Crippen LogP contribution in [0.1, 0.15) is 40.6 Å². The smallest absolute Gasteiger partial charge is 0.261 e. The molecule has 1 aromatic heterocycles. The molecular formula is C23H22N2O3S. The van der Waals surface area contributed by atoms with E-state index in [1.807, 2.05) is 61.5 Å². The second-order valence-corrected chi connectivity index (χ2v) is 7.98. The maximum absolute atomic E-state index is 12.6. The Balaban J connectivity index is 1.39. The van der Waals surface area contributed by atoms with E-state index in [4.69, 9.17) is 4.74 Å². The lowest BCUT2D eigenvalue weighted by Gasteiger charge is -2.16. The van der Waals surface area contributed by atoms with Crippen LogP contribution in [0.4, 0.5) is 5.69 Å². The van der Waals surface area contributed by atoms with Gasteiger partial charge in [0.1, 0.15) is 12.4 Å². The number of rotatable bonds is 6. The largest absolute Gasteiger partial charge is 0.488 e. The van der Waals surface area contributed by atoms with Gasteiger partial charge in [-0.15, -0.1) is 11.3 Å². The number of hydrogen-bond donors (Lipinski definition) is 2. The lowest BCUT2D eigenvalue weighted by atomic mass is 10.1. The molecule has 0 radical (unpaired) electrons. The van der Waals surface area contributed by atoms with Crippen LogP contribution in [-0.4, -0.2) is 11.8 Å². The average Bonchev–Trinajstić information content (AvgIpc) is 3.18. The average molecular weight is 407 g/mol. The van der Waals surface area contributed by atoms with Gasteiger partial charge >= 0.3 is 0 Å². The Morgan fingerprint density at radius 3 is 2.69 bits per heavy atom. The van der Waals surface area contributed by atoms with Crippen LogP contribution in [0.25, 0.3) is 10.4 Å². The summed E-state index contributed by atoms with van der Waals surface area (Å²) < 4.78 is 5.77. The van der Waals surface area contributed by atoms with E-state index in [1.54, 1.807) is 0 Å². The van der Waals surface area contributed by atoms with Gasteiger partial charge < -0.3 is 15.4 Å². The van der Waals surface area contributed by atoms with Gasteiger partial charge in [0.25, 0.3) is 5.91 Å². The van der Waals surface area contributed by atoms with E-state index in [2.05, 4.69) is 10.6 Å².